The number of aromatic nitrogens is 5. The normalized spacial score (nSPS) is 12.9. The van der Waals surface area contributed by atoms with Crippen LogP contribution in [0.4, 0.5) is 0 Å². The minimum Gasteiger partial charge on any atom is -0.0561 e. The van der Waals surface area contributed by atoms with Crippen molar-refractivity contribution in [2.24, 2.45) is 0 Å². The van der Waals surface area contributed by atoms with Crippen molar-refractivity contribution < 1.29 is 24.1 Å². The number of pyridine rings is 1. The summed E-state index contributed by atoms with van der Waals surface area (Å²) in [6, 6.07) is 56.3. The van der Waals surface area contributed by atoms with Crippen molar-refractivity contribution >= 4 is 70.9 Å². The number of para-hydroxylation sites is 4. The third kappa shape index (κ3) is 6.55. The second kappa shape index (κ2) is 14.9. The van der Waals surface area contributed by atoms with Crippen LogP contribution >= 0.6 is 0 Å². The average Bonchev–Trinajstić information content (AvgIpc) is 4.01. The molecule has 0 spiro atoms. The van der Waals surface area contributed by atoms with Gasteiger partial charge in [0.2, 0.25) is 0 Å². The summed E-state index contributed by atoms with van der Waals surface area (Å²) < 4.78 is 17.4. The molecule has 0 atom stereocenters. The predicted molar refractivity (Wildman–Crippen MR) is 278 cm³/mol. The molecule has 5 aromatic heterocycles. The summed E-state index contributed by atoms with van der Waals surface area (Å²) in [6.45, 7) is 22.6. The first-order valence-electron chi connectivity index (χ1n) is 23.5. The van der Waals surface area contributed by atoms with Gasteiger partial charge in [-0.2, -0.15) is 0 Å². The topological polar surface area (TPSA) is 41.3 Å². The predicted octanol–water partition coefficient (Wildman–Crippen LogP) is 15.7. The minimum atomic E-state index is -0.0701. The van der Waals surface area contributed by atoms with Crippen molar-refractivity contribution in [3.8, 4) is 28.7 Å². The molecule has 12 aromatic rings. The van der Waals surface area contributed by atoms with Crippen LogP contribution < -0.4 is 4.74 Å². The molecular weight excluding hydrogens is 1010 g/mol. The maximum atomic E-state index is 6.93. The summed E-state index contributed by atoms with van der Waals surface area (Å²) in [7, 11) is 0. The van der Waals surface area contributed by atoms with E-state index in [9.17, 15) is 0 Å². The Labute approximate surface area is 407 Å². The van der Waals surface area contributed by atoms with Crippen LogP contribution in [-0.2, 0) is 35.6 Å². The molecule has 0 aliphatic carbocycles. The maximum absolute atomic E-state index is 6.93. The Hall–Kier alpha value is -6.75. The van der Waals surface area contributed by atoms with Gasteiger partial charge in [-0.3, -0.25) is 0 Å². The van der Waals surface area contributed by atoms with Gasteiger partial charge in [0.15, 0.2) is 0 Å². The molecule has 340 valence electrons. The van der Waals surface area contributed by atoms with E-state index in [0.717, 1.165) is 59.4 Å². The smallest absolute Gasteiger partial charge is 0.0561 e. The van der Waals surface area contributed by atoms with Gasteiger partial charge >= 0.3 is 281 Å². The summed E-state index contributed by atoms with van der Waals surface area (Å²) in [4.78, 5) is 5.05. The third-order valence-corrected chi connectivity index (χ3v) is 15.0. The number of hydrogen-bond acceptors (Lipinski definition) is 2. The van der Waals surface area contributed by atoms with Crippen LogP contribution in [0.15, 0.2) is 140 Å². The van der Waals surface area contributed by atoms with E-state index in [0.29, 0.717) is 11.5 Å². The molecule has 0 amide bonds. The van der Waals surface area contributed by atoms with Crippen molar-refractivity contribution in [2.75, 3.05) is 0 Å². The fourth-order valence-electron chi connectivity index (χ4n) is 10.2. The minimum absolute atomic E-state index is 0.0176. The summed E-state index contributed by atoms with van der Waals surface area (Å²) in [5, 5.41) is 7.25. The fourth-order valence-corrected chi connectivity index (χ4v) is 11.3. The number of benzene rings is 7. The third-order valence-electron chi connectivity index (χ3n) is 14.0. The number of rotatable bonds is 5. The number of hydrogen-bond donors (Lipinski definition) is 0. The number of imidazole rings is 1. The van der Waals surface area contributed by atoms with Crippen LogP contribution in [0.1, 0.15) is 84.6 Å². The fraction of sp³-hybridized carbons (Fsp3) is 0.213. The van der Waals surface area contributed by atoms with Crippen LogP contribution in [0.3, 0.4) is 0 Å². The van der Waals surface area contributed by atoms with Gasteiger partial charge in [-0.25, -0.2) is 0 Å². The van der Waals surface area contributed by atoms with E-state index >= 15 is 0 Å². The molecule has 7 heteroatoms. The molecule has 0 saturated carbocycles. The summed E-state index contributed by atoms with van der Waals surface area (Å²) >= 11 is 2.49. The number of nitrogens with zero attached hydrogens (tertiary/aromatic N) is 5. The monoisotopic (exact) mass is 1070 g/mol. The van der Waals surface area contributed by atoms with Gasteiger partial charge in [-0.1, -0.05) is 57.2 Å². The SMILES string of the molecule is Cc1ccc(-n2[c](=[Pt])n(-c3cc(C(C)(C)C)cc(C(C)(C)C)c3)c3ccccc32)[c-]c1Oc1[c-]c2c(cc1)c1cc3c4cccc5c6ccccc6n(c3cc1n2-c1cc(C(C)(C)C)ccn1)c54. The molecule has 0 fully saturated rings. The molecule has 0 aliphatic rings. The Bertz CT molecular complexity index is 4070. The van der Waals surface area contributed by atoms with Gasteiger partial charge in [0.05, 0.1) is 16.6 Å². The molecule has 0 unspecified atom stereocenters. The zero-order valence-corrected chi connectivity index (χ0v) is 42.5. The van der Waals surface area contributed by atoms with Crippen LogP contribution in [0.5, 0.6) is 11.5 Å². The van der Waals surface area contributed by atoms with Crippen LogP contribution in [-0.4, -0.2) is 23.1 Å². The van der Waals surface area contributed by atoms with E-state index in [4.69, 9.17) is 9.72 Å². The van der Waals surface area contributed by atoms with Crippen LogP contribution in [0.25, 0.3) is 88.1 Å². The van der Waals surface area contributed by atoms with Gasteiger partial charge in [-0.05, 0) is 23.1 Å². The first kappa shape index (κ1) is 42.6. The van der Waals surface area contributed by atoms with E-state index in [1.54, 1.807) is 0 Å². The van der Waals surface area contributed by atoms with E-state index in [1.165, 1.54) is 54.8 Å². The summed E-state index contributed by atoms with van der Waals surface area (Å²) in [5.74, 6) is 2.11. The van der Waals surface area contributed by atoms with Crippen molar-refractivity contribution in [3.63, 3.8) is 0 Å². The molecule has 0 saturated heterocycles. The van der Waals surface area contributed by atoms with E-state index in [1.807, 2.05) is 12.3 Å². The molecule has 0 N–H and O–H groups in total. The van der Waals surface area contributed by atoms with Gasteiger partial charge < -0.3 is 4.40 Å². The number of ether oxygens (including phenoxy) is 1. The molecular formula is C61H53N5OPt-2. The molecule has 6 nitrogen and oxygen atoms in total. The second-order valence-corrected chi connectivity index (χ2v) is 22.7. The summed E-state index contributed by atoms with van der Waals surface area (Å²) in [6.07, 6.45) is 1.94. The van der Waals surface area contributed by atoms with E-state index in [2.05, 4.69) is 246 Å². The van der Waals surface area contributed by atoms with Crippen LogP contribution in [0.2, 0.25) is 0 Å². The Kier molecular flexibility index (Phi) is 9.32. The Balaban J connectivity index is 1.03. The second-order valence-electron chi connectivity index (χ2n) is 21.6. The zero-order chi connectivity index (χ0) is 47.2. The first-order chi connectivity index (χ1) is 32.4. The molecule has 68 heavy (non-hydrogen) atoms. The van der Waals surface area contributed by atoms with Gasteiger partial charge in [0.1, 0.15) is 0 Å². The molecule has 12 rings (SSSR count). The molecule has 0 aliphatic heterocycles. The van der Waals surface area contributed by atoms with Gasteiger partial charge in [0, 0.05) is 27.7 Å². The summed E-state index contributed by atoms with van der Waals surface area (Å²) in [5.41, 5.74) is 14.6. The van der Waals surface area contributed by atoms with Crippen molar-refractivity contribution in [1.82, 2.24) is 23.1 Å². The molecule has 5 heterocycles. The van der Waals surface area contributed by atoms with Crippen molar-refractivity contribution in [3.05, 3.63) is 178 Å². The molecule has 0 radical (unpaired) electrons. The van der Waals surface area contributed by atoms with E-state index in [-0.39, 0.29) is 16.2 Å². The Morgan fingerprint density at radius 3 is 1.84 bits per heavy atom. The number of aryl methyl sites for hydroxylation is 1. The molecule has 0 bridgehead atoms. The van der Waals surface area contributed by atoms with Gasteiger partial charge in [0.25, 0.3) is 0 Å². The first-order valence-corrected chi connectivity index (χ1v) is 24.7. The quantitative estimate of drug-likeness (QED) is 0.161. The Morgan fingerprint density at radius 1 is 0.500 bits per heavy atom. The average molecular weight is 1070 g/mol. The zero-order valence-electron chi connectivity index (χ0n) is 40.2. The number of fused-ring (bicyclic) bond motifs is 10. The van der Waals surface area contributed by atoms with Gasteiger partial charge in [-0.15, -0.1) is 0 Å². The van der Waals surface area contributed by atoms with Crippen LogP contribution in [0, 0.1) is 22.9 Å². The van der Waals surface area contributed by atoms with E-state index < -0.39 is 0 Å². The molecule has 7 aromatic carbocycles. The Morgan fingerprint density at radius 2 is 1.13 bits per heavy atom. The van der Waals surface area contributed by atoms with Crippen molar-refractivity contribution in [2.45, 2.75) is 85.5 Å². The standard InChI is InChI=1S/C61H53N5O.Pt/c1-37-22-23-41(63-36-64(52-21-14-13-20-51(52)63)42-29-39(60(5,6)7)28-40(30-42)61(8,9)10)32-56(37)67-43-24-25-45-48-34-49-47-18-15-17-46-44-16-11-12-19-50(44)66(58(46)47)55(49)35-54(48)65(53(45)33-43)57-31-38(26-27-62-57)59(2,3)4;/h11-31,34-35H,1-10H3;/q-2;. The van der Waals surface area contributed by atoms with Crippen molar-refractivity contribution in [1.29, 1.82) is 0 Å².